The molecule has 0 aromatic carbocycles. The van der Waals surface area contributed by atoms with E-state index >= 15 is 0 Å². The van der Waals surface area contributed by atoms with Gasteiger partial charge in [-0.25, -0.2) is 4.79 Å². The van der Waals surface area contributed by atoms with Crippen molar-refractivity contribution in [2.75, 3.05) is 32.5 Å². The Labute approximate surface area is 168 Å². The molecule has 0 aliphatic carbocycles. The van der Waals surface area contributed by atoms with Gasteiger partial charge < -0.3 is 15.1 Å². The van der Waals surface area contributed by atoms with Crippen LogP contribution in [-0.4, -0.2) is 68.5 Å². The average molecular weight is 393 g/mol. The lowest BCUT2D eigenvalue weighted by molar-refractivity contribution is 0.102. The van der Waals surface area contributed by atoms with E-state index in [1.165, 1.54) is 0 Å². The predicted molar refractivity (Wildman–Crippen MR) is 108 cm³/mol. The maximum Gasteiger partial charge on any atom is 0.319 e. The fraction of sp³-hybridized carbons (Fsp3) is 0.350. The van der Waals surface area contributed by atoms with E-state index in [1.807, 2.05) is 28.4 Å². The fourth-order valence-electron chi connectivity index (χ4n) is 3.49. The van der Waals surface area contributed by atoms with Crippen LogP contribution in [0.2, 0.25) is 0 Å². The van der Waals surface area contributed by atoms with Crippen LogP contribution in [-0.2, 0) is 0 Å². The van der Waals surface area contributed by atoms with Gasteiger partial charge in [0.2, 0.25) is 0 Å². The molecule has 4 rings (SSSR count). The molecule has 3 amide bonds. The lowest BCUT2D eigenvalue weighted by atomic mass is 10.1. The minimum Gasteiger partial charge on any atom is -0.331 e. The zero-order valence-corrected chi connectivity index (χ0v) is 16.7. The number of nitrogens with one attached hydrogen (secondary N) is 1. The Morgan fingerprint density at radius 3 is 2.72 bits per heavy atom. The number of likely N-dealkylation sites (tertiary alicyclic amines) is 1. The molecule has 3 aromatic rings. The van der Waals surface area contributed by atoms with Crippen molar-refractivity contribution in [3.05, 3.63) is 53.7 Å². The topological polar surface area (TPSA) is 95.7 Å². The summed E-state index contributed by atoms with van der Waals surface area (Å²) >= 11 is 0. The molecule has 1 saturated heterocycles. The highest BCUT2D eigenvalue weighted by Crippen LogP contribution is 2.27. The van der Waals surface area contributed by atoms with Crippen molar-refractivity contribution in [2.45, 2.75) is 19.3 Å². The number of nitrogens with zero attached hydrogens (tertiary/aromatic N) is 6. The van der Waals surface area contributed by atoms with Gasteiger partial charge in [0.05, 0.1) is 17.4 Å². The third-order valence-corrected chi connectivity index (χ3v) is 5.07. The van der Waals surface area contributed by atoms with Gasteiger partial charge in [-0.3, -0.25) is 14.2 Å². The van der Waals surface area contributed by atoms with E-state index in [-0.39, 0.29) is 17.9 Å². The predicted octanol–water partition coefficient (Wildman–Crippen LogP) is 2.16. The molecule has 9 nitrogen and oxygen atoms in total. The van der Waals surface area contributed by atoms with Gasteiger partial charge in [-0.2, -0.15) is 0 Å². The highest BCUT2D eigenvalue weighted by Gasteiger charge is 2.31. The molecular weight excluding hydrogens is 370 g/mol. The summed E-state index contributed by atoms with van der Waals surface area (Å²) < 4.78 is 1.84. The number of fused-ring (bicyclic) bond motifs is 1. The van der Waals surface area contributed by atoms with Crippen LogP contribution < -0.4 is 5.32 Å². The number of rotatable bonds is 3. The number of urea groups is 1. The van der Waals surface area contributed by atoms with Crippen LogP contribution in [0.4, 0.5) is 10.5 Å². The average Bonchev–Trinajstić information content (AvgIpc) is 3.35. The van der Waals surface area contributed by atoms with Crippen LogP contribution in [0.3, 0.4) is 0 Å². The van der Waals surface area contributed by atoms with Gasteiger partial charge in [-0.05, 0) is 37.6 Å². The zero-order chi connectivity index (χ0) is 20.5. The Balaban J connectivity index is 1.56. The number of hydrogen-bond acceptors (Lipinski definition) is 5. The SMILES string of the molecule is Cc1ccc(NC(=O)c2ccc3nnc([C@@H]4CCN(C(=O)N(C)C)C4)n3c2)cn1. The second kappa shape index (κ2) is 7.50. The molecule has 9 heteroatoms. The quantitative estimate of drug-likeness (QED) is 0.736. The Bertz CT molecular complexity index is 1060. The monoisotopic (exact) mass is 393 g/mol. The highest BCUT2D eigenvalue weighted by atomic mass is 16.2. The van der Waals surface area contributed by atoms with Crippen molar-refractivity contribution in [3.8, 4) is 0 Å². The molecule has 0 radical (unpaired) electrons. The lowest BCUT2D eigenvalue weighted by Gasteiger charge is -2.21. The Morgan fingerprint density at radius 1 is 1.17 bits per heavy atom. The molecule has 1 atom stereocenters. The molecule has 3 aromatic heterocycles. The first kappa shape index (κ1) is 18.9. The van der Waals surface area contributed by atoms with Crippen LogP contribution in [0.5, 0.6) is 0 Å². The zero-order valence-electron chi connectivity index (χ0n) is 16.7. The maximum absolute atomic E-state index is 12.7. The highest BCUT2D eigenvalue weighted by molar-refractivity contribution is 6.04. The van der Waals surface area contributed by atoms with Gasteiger partial charge in [0, 0.05) is 45.0 Å². The molecule has 1 fully saturated rings. The number of amides is 3. The minimum absolute atomic E-state index is 0.00639. The first-order chi connectivity index (χ1) is 13.9. The van der Waals surface area contributed by atoms with E-state index in [1.54, 1.807) is 43.5 Å². The summed E-state index contributed by atoms with van der Waals surface area (Å²) in [5.74, 6) is 0.613. The molecule has 1 N–H and O–H groups in total. The summed E-state index contributed by atoms with van der Waals surface area (Å²) in [7, 11) is 3.49. The Kier molecular flexibility index (Phi) is 4.87. The summed E-state index contributed by atoms with van der Waals surface area (Å²) in [6.07, 6.45) is 4.19. The van der Waals surface area contributed by atoms with Crippen molar-refractivity contribution in [2.24, 2.45) is 0 Å². The van der Waals surface area contributed by atoms with Gasteiger partial charge in [-0.1, -0.05) is 0 Å². The lowest BCUT2D eigenvalue weighted by Crippen LogP contribution is -2.37. The molecule has 4 heterocycles. The van der Waals surface area contributed by atoms with E-state index in [2.05, 4.69) is 20.5 Å². The molecule has 0 unspecified atom stereocenters. The van der Waals surface area contributed by atoms with Gasteiger partial charge in [0.15, 0.2) is 5.65 Å². The first-order valence-corrected chi connectivity index (χ1v) is 9.47. The smallest absolute Gasteiger partial charge is 0.319 e. The molecule has 0 saturated carbocycles. The summed E-state index contributed by atoms with van der Waals surface area (Å²) in [5.41, 5.74) is 2.69. The van der Waals surface area contributed by atoms with E-state index in [0.717, 1.165) is 17.9 Å². The molecule has 1 aliphatic heterocycles. The van der Waals surface area contributed by atoms with Crippen molar-refractivity contribution in [1.82, 2.24) is 29.4 Å². The molecular formula is C20H23N7O2. The van der Waals surface area contributed by atoms with Crippen LogP contribution >= 0.6 is 0 Å². The molecule has 29 heavy (non-hydrogen) atoms. The van der Waals surface area contributed by atoms with Gasteiger partial charge >= 0.3 is 6.03 Å². The number of carbonyl (C=O) groups is 2. The van der Waals surface area contributed by atoms with E-state index in [4.69, 9.17) is 0 Å². The van der Waals surface area contributed by atoms with Gasteiger partial charge in [0.1, 0.15) is 5.82 Å². The second-order valence-corrected chi connectivity index (χ2v) is 7.46. The van der Waals surface area contributed by atoms with E-state index < -0.39 is 0 Å². The van der Waals surface area contributed by atoms with Crippen molar-refractivity contribution >= 4 is 23.3 Å². The number of hydrogen-bond donors (Lipinski definition) is 1. The van der Waals surface area contributed by atoms with Crippen LogP contribution in [0.25, 0.3) is 5.65 Å². The van der Waals surface area contributed by atoms with Crippen LogP contribution in [0.15, 0.2) is 36.7 Å². The summed E-state index contributed by atoms with van der Waals surface area (Å²) in [4.78, 5) is 32.5. The van der Waals surface area contributed by atoms with E-state index in [9.17, 15) is 9.59 Å². The number of aromatic nitrogens is 4. The Morgan fingerprint density at radius 2 is 2.00 bits per heavy atom. The molecule has 0 bridgehead atoms. The summed E-state index contributed by atoms with van der Waals surface area (Å²) in [6, 6.07) is 7.15. The van der Waals surface area contributed by atoms with Crippen molar-refractivity contribution < 1.29 is 9.59 Å². The van der Waals surface area contributed by atoms with E-state index in [0.29, 0.717) is 30.0 Å². The minimum atomic E-state index is -0.229. The Hall–Kier alpha value is -3.49. The summed E-state index contributed by atoms with van der Waals surface area (Å²) in [5, 5.41) is 11.4. The number of carbonyl (C=O) groups excluding carboxylic acids is 2. The standard InChI is InChI=1S/C20H23N7O2/c1-13-4-6-16(10-21-13)22-19(28)15-5-7-17-23-24-18(27(17)12-15)14-8-9-26(11-14)20(29)25(2)3/h4-7,10,12,14H,8-9,11H2,1-3H3,(H,22,28)/t14-/m1/s1. The van der Waals surface area contributed by atoms with Crippen LogP contribution in [0, 0.1) is 6.92 Å². The largest absolute Gasteiger partial charge is 0.331 e. The normalized spacial score (nSPS) is 16.2. The van der Waals surface area contributed by atoms with Crippen LogP contribution in [0.1, 0.15) is 34.2 Å². The van der Waals surface area contributed by atoms with Crippen molar-refractivity contribution in [1.29, 1.82) is 0 Å². The van der Waals surface area contributed by atoms with Crippen molar-refractivity contribution in [3.63, 3.8) is 0 Å². The summed E-state index contributed by atoms with van der Waals surface area (Å²) in [6.45, 7) is 3.16. The van der Waals surface area contributed by atoms with Gasteiger partial charge in [-0.15, -0.1) is 10.2 Å². The fourth-order valence-corrected chi connectivity index (χ4v) is 3.49. The molecule has 0 spiro atoms. The first-order valence-electron chi connectivity index (χ1n) is 9.47. The number of pyridine rings is 2. The maximum atomic E-state index is 12.7. The third-order valence-electron chi connectivity index (χ3n) is 5.07. The second-order valence-electron chi connectivity index (χ2n) is 7.46. The molecule has 1 aliphatic rings. The number of aryl methyl sites for hydroxylation is 1. The molecule has 150 valence electrons. The number of anilines is 1. The third kappa shape index (κ3) is 3.75. The van der Waals surface area contributed by atoms with Gasteiger partial charge in [0.25, 0.3) is 5.91 Å².